The Kier molecular flexibility index (Phi) is 6.01. The number of methoxy groups -OCH3 is 1. The van der Waals surface area contributed by atoms with Crippen LogP contribution in [0.15, 0.2) is 46.9 Å². The molecule has 0 aliphatic rings. The van der Waals surface area contributed by atoms with Crippen molar-refractivity contribution >= 4 is 21.9 Å². The highest BCUT2D eigenvalue weighted by molar-refractivity contribution is 9.10. The van der Waals surface area contributed by atoms with Crippen LogP contribution < -0.4 is 4.74 Å². The van der Waals surface area contributed by atoms with Gasteiger partial charge >= 0.3 is 5.97 Å². The normalized spacial score (nSPS) is 10.3. The number of ether oxygens (including phenoxy) is 2. The van der Waals surface area contributed by atoms with Crippen LogP contribution in [0.4, 0.5) is 0 Å². The number of benzene rings is 2. The van der Waals surface area contributed by atoms with Crippen LogP contribution in [0.5, 0.6) is 11.5 Å². The van der Waals surface area contributed by atoms with Gasteiger partial charge in [0.2, 0.25) is 0 Å². The van der Waals surface area contributed by atoms with Crippen molar-refractivity contribution in [1.29, 1.82) is 0 Å². The van der Waals surface area contributed by atoms with Crippen LogP contribution in [0.25, 0.3) is 0 Å². The first-order chi connectivity index (χ1) is 10.6. The number of carbonyl (C=O) groups is 1. The van der Waals surface area contributed by atoms with Gasteiger partial charge in [0, 0.05) is 16.5 Å². The highest BCUT2D eigenvalue weighted by Crippen LogP contribution is 2.29. The number of hydrogen-bond donors (Lipinski definition) is 0. The van der Waals surface area contributed by atoms with E-state index in [0.717, 1.165) is 34.4 Å². The maximum atomic E-state index is 11.1. The maximum Gasteiger partial charge on any atom is 0.305 e. The standard InChI is InChI=1S/C18H19BrO3/c1-13-16(19)6-4-7-17(13)22-15-11-9-14(10-12-15)5-3-8-18(20)21-2/h4,6-7,9-12H,3,5,8H2,1-2H3. The molecule has 0 aliphatic heterocycles. The zero-order valence-corrected chi connectivity index (χ0v) is 14.4. The second-order valence-corrected chi connectivity index (χ2v) is 5.89. The predicted octanol–water partition coefficient (Wildman–Crippen LogP) is 5.05. The van der Waals surface area contributed by atoms with Gasteiger partial charge in [0.05, 0.1) is 7.11 Å². The Morgan fingerprint density at radius 3 is 2.55 bits per heavy atom. The lowest BCUT2D eigenvalue weighted by atomic mass is 10.1. The monoisotopic (exact) mass is 362 g/mol. The highest BCUT2D eigenvalue weighted by Gasteiger charge is 2.05. The molecule has 0 heterocycles. The summed E-state index contributed by atoms with van der Waals surface area (Å²) in [6.07, 6.45) is 2.09. The second kappa shape index (κ2) is 7.99. The molecule has 4 heteroatoms. The van der Waals surface area contributed by atoms with Crippen LogP contribution in [-0.2, 0) is 16.0 Å². The van der Waals surface area contributed by atoms with Gasteiger partial charge in [-0.3, -0.25) is 4.79 Å². The molecule has 0 saturated carbocycles. The number of rotatable bonds is 6. The van der Waals surface area contributed by atoms with Crippen LogP contribution in [0, 0.1) is 6.92 Å². The van der Waals surface area contributed by atoms with Crippen LogP contribution in [0.1, 0.15) is 24.0 Å². The quantitative estimate of drug-likeness (QED) is 0.674. The van der Waals surface area contributed by atoms with Gasteiger partial charge in [0.25, 0.3) is 0 Å². The molecule has 2 aromatic rings. The molecule has 2 rings (SSSR count). The topological polar surface area (TPSA) is 35.5 Å². The van der Waals surface area contributed by atoms with Crippen LogP contribution in [0.2, 0.25) is 0 Å². The summed E-state index contributed by atoms with van der Waals surface area (Å²) in [4.78, 5) is 11.1. The van der Waals surface area contributed by atoms with Crippen molar-refractivity contribution in [1.82, 2.24) is 0 Å². The maximum absolute atomic E-state index is 11.1. The summed E-state index contributed by atoms with van der Waals surface area (Å²) in [5, 5.41) is 0. The van der Waals surface area contributed by atoms with Gasteiger partial charge in [-0.05, 0) is 49.6 Å². The minimum atomic E-state index is -0.162. The van der Waals surface area contributed by atoms with E-state index in [2.05, 4.69) is 20.7 Å². The molecule has 0 amide bonds. The molecular formula is C18H19BrO3. The van der Waals surface area contributed by atoms with E-state index in [0.29, 0.717) is 6.42 Å². The first kappa shape index (κ1) is 16.6. The summed E-state index contributed by atoms with van der Waals surface area (Å²) in [5.41, 5.74) is 2.26. The predicted molar refractivity (Wildman–Crippen MR) is 90.3 cm³/mol. The van der Waals surface area contributed by atoms with E-state index < -0.39 is 0 Å². The second-order valence-electron chi connectivity index (χ2n) is 5.04. The lowest BCUT2D eigenvalue weighted by Crippen LogP contribution is -2.00. The molecule has 116 valence electrons. The van der Waals surface area contributed by atoms with Crippen molar-refractivity contribution in [3.8, 4) is 11.5 Å². The molecule has 0 aliphatic carbocycles. The fourth-order valence-electron chi connectivity index (χ4n) is 2.09. The van der Waals surface area contributed by atoms with Crippen LogP contribution >= 0.6 is 15.9 Å². The smallest absolute Gasteiger partial charge is 0.305 e. The number of carbonyl (C=O) groups excluding carboxylic acids is 1. The van der Waals surface area contributed by atoms with Crippen molar-refractivity contribution in [2.24, 2.45) is 0 Å². The molecule has 0 saturated heterocycles. The van der Waals surface area contributed by atoms with E-state index in [-0.39, 0.29) is 5.97 Å². The Hall–Kier alpha value is -1.81. The van der Waals surface area contributed by atoms with Gasteiger partial charge < -0.3 is 9.47 Å². The molecule has 2 aromatic carbocycles. The molecule has 0 aromatic heterocycles. The van der Waals surface area contributed by atoms with E-state index in [1.807, 2.05) is 49.4 Å². The van der Waals surface area contributed by atoms with E-state index in [9.17, 15) is 4.79 Å². The minimum absolute atomic E-state index is 0.162. The molecule has 0 bridgehead atoms. The molecule has 0 N–H and O–H groups in total. The summed E-state index contributed by atoms with van der Waals surface area (Å²) in [6.45, 7) is 2.01. The lowest BCUT2D eigenvalue weighted by Gasteiger charge is -2.10. The Morgan fingerprint density at radius 2 is 1.86 bits per heavy atom. The zero-order valence-electron chi connectivity index (χ0n) is 12.8. The number of aryl methyl sites for hydroxylation is 1. The summed E-state index contributed by atoms with van der Waals surface area (Å²) in [7, 11) is 1.42. The molecule has 0 atom stereocenters. The van der Waals surface area contributed by atoms with Crippen molar-refractivity contribution in [2.75, 3.05) is 7.11 Å². The van der Waals surface area contributed by atoms with Crippen molar-refractivity contribution in [3.05, 3.63) is 58.1 Å². The fraction of sp³-hybridized carbons (Fsp3) is 0.278. The third-order valence-electron chi connectivity index (χ3n) is 3.44. The van der Waals surface area contributed by atoms with Gasteiger partial charge in [-0.1, -0.05) is 34.1 Å². The van der Waals surface area contributed by atoms with E-state index in [4.69, 9.17) is 4.74 Å². The lowest BCUT2D eigenvalue weighted by molar-refractivity contribution is -0.140. The summed E-state index contributed by atoms with van der Waals surface area (Å²) in [5.74, 6) is 1.48. The molecular weight excluding hydrogens is 344 g/mol. The van der Waals surface area contributed by atoms with Gasteiger partial charge in [-0.2, -0.15) is 0 Å². The van der Waals surface area contributed by atoms with Gasteiger partial charge in [-0.25, -0.2) is 0 Å². The molecule has 0 fully saturated rings. The Morgan fingerprint density at radius 1 is 1.14 bits per heavy atom. The van der Waals surface area contributed by atoms with Crippen LogP contribution in [0.3, 0.4) is 0 Å². The van der Waals surface area contributed by atoms with Gasteiger partial charge in [0.15, 0.2) is 0 Å². The molecule has 3 nitrogen and oxygen atoms in total. The van der Waals surface area contributed by atoms with Crippen molar-refractivity contribution in [2.45, 2.75) is 26.2 Å². The summed E-state index contributed by atoms with van der Waals surface area (Å²) >= 11 is 3.50. The molecule has 0 spiro atoms. The zero-order chi connectivity index (χ0) is 15.9. The Labute approximate surface area is 139 Å². The molecule has 0 radical (unpaired) electrons. The average molecular weight is 363 g/mol. The number of hydrogen-bond acceptors (Lipinski definition) is 3. The van der Waals surface area contributed by atoms with E-state index >= 15 is 0 Å². The summed E-state index contributed by atoms with van der Waals surface area (Å²) < 4.78 is 11.6. The fourth-order valence-corrected chi connectivity index (χ4v) is 2.44. The minimum Gasteiger partial charge on any atom is -0.469 e. The van der Waals surface area contributed by atoms with Crippen molar-refractivity contribution < 1.29 is 14.3 Å². The third-order valence-corrected chi connectivity index (χ3v) is 4.30. The van der Waals surface area contributed by atoms with E-state index in [1.54, 1.807) is 0 Å². The highest BCUT2D eigenvalue weighted by atomic mass is 79.9. The van der Waals surface area contributed by atoms with Gasteiger partial charge in [0.1, 0.15) is 11.5 Å². The van der Waals surface area contributed by atoms with Crippen LogP contribution in [-0.4, -0.2) is 13.1 Å². The average Bonchev–Trinajstić information content (AvgIpc) is 2.53. The number of esters is 1. The molecule has 0 unspecified atom stereocenters. The first-order valence-electron chi connectivity index (χ1n) is 7.19. The van der Waals surface area contributed by atoms with E-state index in [1.165, 1.54) is 12.7 Å². The molecule has 22 heavy (non-hydrogen) atoms. The van der Waals surface area contributed by atoms with Crippen molar-refractivity contribution in [3.63, 3.8) is 0 Å². The summed E-state index contributed by atoms with van der Waals surface area (Å²) in [6, 6.07) is 13.9. The first-order valence-corrected chi connectivity index (χ1v) is 7.98. The third kappa shape index (κ3) is 4.60. The number of halogens is 1. The Balaban J connectivity index is 1.94. The Bertz CT molecular complexity index is 635. The SMILES string of the molecule is COC(=O)CCCc1ccc(Oc2cccc(Br)c2C)cc1. The van der Waals surface area contributed by atoms with Gasteiger partial charge in [-0.15, -0.1) is 0 Å². The largest absolute Gasteiger partial charge is 0.469 e.